The molecule has 1 heterocycles. The molecule has 5 nitrogen and oxygen atoms in total. The van der Waals surface area contributed by atoms with Crippen molar-refractivity contribution in [3.63, 3.8) is 0 Å². The second-order valence-electron chi connectivity index (χ2n) is 7.84. The Bertz CT molecular complexity index is 1250. The number of carbonyl (C=O) groups excluding carboxylic acids is 1. The van der Waals surface area contributed by atoms with Crippen LogP contribution in [-0.2, 0) is 17.8 Å². The van der Waals surface area contributed by atoms with Gasteiger partial charge in [0.15, 0.2) is 0 Å². The summed E-state index contributed by atoms with van der Waals surface area (Å²) in [5.74, 6) is 1.55. The average molecular weight is 475 g/mol. The van der Waals surface area contributed by atoms with Crippen molar-refractivity contribution < 1.29 is 14.3 Å². The fourth-order valence-electron chi connectivity index (χ4n) is 3.93. The lowest BCUT2D eigenvalue weighted by atomic mass is 10.1. The molecule has 0 radical (unpaired) electrons. The highest BCUT2D eigenvalue weighted by molar-refractivity contribution is 6.30. The number of hydrogen-bond donors (Lipinski definition) is 1. The molecule has 0 aliphatic carbocycles. The van der Waals surface area contributed by atoms with Crippen molar-refractivity contribution >= 4 is 17.5 Å². The van der Waals surface area contributed by atoms with Gasteiger partial charge >= 0.3 is 0 Å². The molecule has 1 aromatic heterocycles. The number of methoxy groups -OCH3 is 2. The molecule has 0 spiro atoms. The summed E-state index contributed by atoms with van der Waals surface area (Å²) in [6.45, 7) is 0.429. The molecule has 1 amide bonds. The third kappa shape index (κ3) is 5.43. The van der Waals surface area contributed by atoms with Gasteiger partial charge in [-0.3, -0.25) is 4.79 Å². The highest BCUT2D eigenvalue weighted by Gasteiger charge is 2.14. The predicted octanol–water partition coefficient (Wildman–Crippen LogP) is 6.06. The lowest BCUT2D eigenvalue weighted by Gasteiger charge is -2.15. The maximum Gasteiger partial charge on any atom is 0.220 e. The Balaban J connectivity index is 1.53. The SMILES string of the molecule is COc1ccc(-n2c(CCC(=O)NCc3ccccc3OC)ccc2-c2ccc(Cl)cc2)cc1. The number of carbonyl (C=O) groups is 1. The van der Waals surface area contributed by atoms with Crippen molar-refractivity contribution in [1.82, 2.24) is 9.88 Å². The molecule has 0 atom stereocenters. The van der Waals surface area contributed by atoms with Crippen LogP contribution in [0.4, 0.5) is 0 Å². The van der Waals surface area contributed by atoms with Crippen LogP contribution in [-0.4, -0.2) is 24.7 Å². The summed E-state index contributed by atoms with van der Waals surface area (Å²) in [5.41, 5.74) is 5.08. The molecule has 4 aromatic rings. The van der Waals surface area contributed by atoms with Crippen LogP contribution in [0, 0.1) is 0 Å². The van der Waals surface area contributed by atoms with Crippen LogP contribution in [0.15, 0.2) is 84.9 Å². The largest absolute Gasteiger partial charge is 0.497 e. The van der Waals surface area contributed by atoms with Crippen molar-refractivity contribution in [3.05, 3.63) is 101 Å². The molecule has 6 heteroatoms. The van der Waals surface area contributed by atoms with Crippen LogP contribution in [0.3, 0.4) is 0 Å². The minimum Gasteiger partial charge on any atom is -0.497 e. The lowest BCUT2D eigenvalue weighted by Crippen LogP contribution is -2.23. The van der Waals surface area contributed by atoms with Crippen molar-refractivity contribution in [2.75, 3.05) is 14.2 Å². The van der Waals surface area contributed by atoms with Crippen LogP contribution in [0.1, 0.15) is 17.7 Å². The number of ether oxygens (including phenoxy) is 2. The number of nitrogens with one attached hydrogen (secondary N) is 1. The zero-order valence-corrected chi connectivity index (χ0v) is 20.0. The molecule has 3 aromatic carbocycles. The lowest BCUT2D eigenvalue weighted by molar-refractivity contribution is -0.121. The first kappa shape index (κ1) is 23.5. The fraction of sp³-hybridized carbons (Fsp3) is 0.179. The van der Waals surface area contributed by atoms with E-state index in [0.29, 0.717) is 24.4 Å². The highest BCUT2D eigenvalue weighted by Crippen LogP contribution is 2.29. The van der Waals surface area contributed by atoms with Crippen LogP contribution in [0.25, 0.3) is 16.9 Å². The fourth-order valence-corrected chi connectivity index (χ4v) is 4.06. The summed E-state index contributed by atoms with van der Waals surface area (Å²) in [4.78, 5) is 12.6. The number of aromatic nitrogens is 1. The first-order chi connectivity index (χ1) is 16.6. The van der Waals surface area contributed by atoms with E-state index in [1.54, 1.807) is 14.2 Å². The van der Waals surface area contributed by atoms with Gasteiger partial charge in [0, 0.05) is 34.9 Å². The second kappa shape index (κ2) is 10.9. The van der Waals surface area contributed by atoms with Gasteiger partial charge in [-0.05, 0) is 66.6 Å². The Morgan fingerprint density at radius 3 is 2.32 bits per heavy atom. The Labute approximate surface area is 204 Å². The summed E-state index contributed by atoms with van der Waals surface area (Å²) < 4.78 is 12.9. The van der Waals surface area contributed by atoms with Crippen LogP contribution >= 0.6 is 11.6 Å². The summed E-state index contributed by atoms with van der Waals surface area (Å²) in [6, 6.07) is 27.5. The van der Waals surface area contributed by atoms with E-state index in [1.165, 1.54) is 0 Å². The molecule has 0 aliphatic rings. The number of amides is 1. The van der Waals surface area contributed by atoms with Crippen LogP contribution in [0.2, 0.25) is 5.02 Å². The molecule has 174 valence electrons. The van der Waals surface area contributed by atoms with Crippen LogP contribution in [0.5, 0.6) is 11.5 Å². The molecule has 0 fully saturated rings. The molecule has 0 aliphatic heterocycles. The quantitative estimate of drug-likeness (QED) is 0.320. The number of rotatable bonds is 9. The minimum atomic E-state index is -0.0126. The van der Waals surface area contributed by atoms with Gasteiger partial charge in [-0.1, -0.05) is 41.9 Å². The molecule has 1 N–H and O–H groups in total. The van der Waals surface area contributed by atoms with Crippen LogP contribution < -0.4 is 14.8 Å². The van der Waals surface area contributed by atoms with E-state index in [0.717, 1.165) is 39.7 Å². The minimum absolute atomic E-state index is 0.0126. The molecule has 0 saturated heterocycles. The third-order valence-electron chi connectivity index (χ3n) is 5.71. The topological polar surface area (TPSA) is 52.5 Å². The van der Waals surface area contributed by atoms with Crippen molar-refractivity contribution in [3.8, 4) is 28.4 Å². The van der Waals surface area contributed by atoms with E-state index in [4.69, 9.17) is 21.1 Å². The van der Waals surface area contributed by atoms with E-state index in [-0.39, 0.29) is 5.91 Å². The van der Waals surface area contributed by atoms with Gasteiger partial charge in [0.1, 0.15) is 11.5 Å². The monoisotopic (exact) mass is 474 g/mol. The number of halogens is 1. The average Bonchev–Trinajstić information content (AvgIpc) is 3.30. The van der Waals surface area contributed by atoms with Crippen molar-refractivity contribution in [1.29, 1.82) is 0 Å². The molecule has 0 bridgehead atoms. The normalized spacial score (nSPS) is 10.7. The summed E-state index contributed by atoms with van der Waals surface area (Å²) >= 11 is 6.10. The van der Waals surface area contributed by atoms with E-state index in [9.17, 15) is 4.79 Å². The Hall–Kier alpha value is -3.70. The molecular weight excluding hydrogens is 448 g/mol. The number of hydrogen-bond acceptors (Lipinski definition) is 3. The van der Waals surface area contributed by atoms with Gasteiger partial charge in [-0.15, -0.1) is 0 Å². The van der Waals surface area contributed by atoms with Gasteiger partial charge in [0.2, 0.25) is 5.91 Å². The second-order valence-corrected chi connectivity index (χ2v) is 8.28. The van der Waals surface area contributed by atoms with E-state index >= 15 is 0 Å². The van der Waals surface area contributed by atoms with E-state index in [2.05, 4.69) is 22.0 Å². The number of nitrogens with zero attached hydrogens (tertiary/aromatic N) is 1. The maximum absolute atomic E-state index is 12.6. The summed E-state index contributed by atoms with van der Waals surface area (Å²) in [5, 5.41) is 3.70. The van der Waals surface area contributed by atoms with Gasteiger partial charge in [0.25, 0.3) is 0 Å². The number of aryl methyl sites for hydroxylation is 1. The molecule has 34 heavy (non-hydrogen) atoms. The Morgan fingerprint density at radius 1 is 0.882 bits per heavy atom. The van der Waals surface area contributed by atoms with E-state index < -0.39 is 0 Å². The summed E-state index contributed by atoms with van der Waals surface area (Å²) in [7, 11) is 3.28. The molecule has 0 unspecified atom stereocenters. The first-order valence-electron chi connectivity index (χ1n) is 11.1. The first-order valence-corrected chi connectivity index (χ1v) is 11.5. The molecule has 4 rings (SSSR count). The van der Waals surface area contributed by atoms with E-state index in [1.807, 2.05) is 72.8 Å². The van der Waals surface area contributed by atoms with Gasteiger partial charge in [0.05, 0.1) is 19.9 Å². The highest BCUT2D eigenvalue weighted by atomic mass is 35.5. The zero-order valence-electron chi connectivity index (χ0n) is 19.3. The Morgan fingerprint density at radius 2 is 1.62 bits per heavy atom. The van der Waals surface area contributed by atoms with Crippen molar-refractivity contribution in [2.24, 2.45) is 0 Å². The van der Waals surface area contributed by atoms with Gasteiger partial charge in [-0.25, -0.2) is 0 Å². The smallest absolute Gasteiger partial charge is 0.220 e. The van der Waals surface area contributed by atoms with Crippen molar-refractivity contribution in [2.45, 2.75) is 19.4 Å². The third-order valence-corrected chi connectivity index (χ3v) is 5.96. The molecular formula is C28H27ClN2O3. The van der Waals surface area contributed by atoms with Gasteiger partial charge in [-0.2, -0.15) is 0 Å². The van der Waals surface area contributed by atoms with Gasteiger partial charge < -0.3 is 19.4 Å². The standard InChI is InChI=1S/C28H27ClN2O3/c1-33-25-15-11-23(12-16-25)31-24(13-17-26(31)20-7-9-22(29)10-8-20)14-18-28(32)30-19-21-5-3-4-6-27(21)34-2/h3-13,15-17H,14,18-19H2,1-2H3,(H,30,32). The zero-order chi connectivity index (χ0) is 23.9. The molecule has 0 saturated carbocycles. The Kier molecular flexibility index (Phi) is 7.55. The number of benzene rings is 3. The predicted molar refractivity (Wildman–Crippen MR) is 136 cm³/mol. The maximum atomic E-state index is 12.6. The number of para-hydroxylation sites is 1. The summed E-state index contributed by atoms with van der Waals surface area (Å²) in [6.07, 6.45) is 0.965.